The quantitative estimate of drug-likeness (QED) is 0.627. The Morgan fingerprint density at radius 1 is 1.14 bits per heavy atom. The molecule has 0 bridgehead atoms. The van der Waals surface area contributed by atoms with Crippen molar-refractivity contribution in [2.24, 2.45) is 5.92 Å². The maximum absolute atomic E-state index is 13.3. The molecule has 0 atom stereocenters. The van der Waals surface area contributed by atoms with Gasteiger partial charge in [-0.2, -0.15) is 0 Å². The van der Waals surface area contributed by atoms with Crippen LogP contribution in [0.5, 0.6) is 0 Å². The Balaban J connectivity index is 1.91. The number of hydrogen-bond donors (Lipinski definition) is 2. The summed E-state index contributed by atoms with van der Waals surface area (Å²) in [6.07, 6.45) is 0. The molecule has 0 spiro atoms. The molecular formula is C22H21ClFN3O2. The largest absolute Gasteiger partial charge is 0.348 e. The van der Waals surface area contributed by atoms with E-state index in [1.165, 1.54) is 12.1 Å². The van der Waals surface area contributed by atoms with Gasteiger partial charge in [0, 0.05) is 29.2 Å². The normalized spacial score (nSPS) is 11.0. The second-order valence-electron chi connectivity index (χ2n) is 7.12. The van der Waals surface area contributed by atoms with E-state index >= 15 is 0 Å². The van der Waals surface area contributed by atoms with Crippen molar-refractivity contribution in [1.82, 2.24) is 10.3 Å². The van der Waals surface area contributed by atoms with Gasteiger partial charge in [-0.15, -0.1) is 0 Å². The minimum absolute atomic E-state index is 0.000249. The number of nitrogens with one attached hydrogen (secondary N) is 2. The first-order chi connectivity index (χ1) is 13.7. The second kappa shape index (κ2) is 8.57. The van der Waals surface area contributed by atoms with Crippen LogP contribution in [0.4, 0.5) is 10.1 Å². The lowest BCUT2D eigenvalue weighted by Gasteiger charge is -2.13. The van der Waals surface area contributed by atoms with Crippen molar-refractivity contribution in [3.8, 4) is 0 Å². The number of fused-ring (bicyclic) bond motifs is 1. The number of carbonyl (C=O) groups excluding carboxylic acids is 2. The number of benzene rings is 2. The molecule has 0 radical (unpaired) electrons. The van der Waals surface area contributed by atoms with Crippen molar-refractivity contribution in [2.45, 2.75) is 27.3 Å². The fraction of sp³-hybridized carbons (Fsp3) is 0.227. The van der Waals surface area contributed by atoms with Crippen molar-refractivity contribution in [1.29, 1.82) is 0 Å². The summed E-state index contributed by atoms with van der Waals surface area (Å²) in [5.74, 6) is -1.19. The van der Waals surface area contributed by atoms with Gasteiger partial charge >= 0.3 is 0 Å². The molecule has 2 aromatic carbocycles. The first-order valence-corrected chi connectivity index (χ1v) is 9.57. The molecule has 7 heteroatoms. The molecular weight excluding hydrogens is 393 g/mol. The number of hydrogen-bond acceptors (Lipinski definition) is 3. The highest BCUT2D eigenvalue weighted by atomic mass is 35.5. The van der Waals surface area contributed by atoms with Crippen LogP contribution >= 0.6 is 11.6 Å². The smallest absolute Gasteiger partial charge is 0.252 e. The highest BCUT2D eigenvalue weighted by Crippen LogP contribution is 2.24. The van der Waals surface area contributed by atoms with Crippen molar-refractivity contribution in [3.05, 3.63) is 70.1 Å². The molecule has 0 aliphatic heterocycles. The lowest BCUT2D eigenvalue weighted by molar-refractivity contribution is -0.118. The van der Waals surface area contributed by atoms with Gasteiger partial charge in [0.1, 0.15) is 5.82 Å². The maximum Gasteiger partial charge on any atom is 0.252 e. The average molecular weight is 414 g/mol. The van der Waals surface area contributed by atoms with E-state index in [1.54, 1.807) is 32.0 Å². The van der Waals surface area contributed by atoms with E-state index in [0.29, 0.717) is 27.7 Å². The first-order valence-electron chi connectivity index (χ1n) is 9.19. The summed E-state index contributed by atoms with van der Waals surface area (Å²) in [6, 6.07) is 11.3. The van der Waals surface area contributed by atoms with Crippen LogP contribution in [-0.4, -0.2) is 16.8 Å². The van der Waals surface area contributed by atoms with Gasteiger partial charge in [-0.25, -0.2) is 4.39 Å². The molecule has 2 amide bonds. The number of pyridine rings is 1. The van der Waals surface area contributed by atoms with E-state index in [0.717, 1.165) is 5.69 Å². The van der Waals surface area contributed by atoms with Crippen LogP contribution < -0.4 is 10.6 Å². The predicted octanol–water partition coefficient (Wildman–Crippen LogP) is 4.86. The van der Waals surface area contributed by atoms with Gasteiger partial charge in [0.2, 0.25) is 5.91 Å². The molecule has 1 heterocycles. The molecule has 150 valence electrons. The Kier molecular flexibility index (Phi) is 6.13. The van der Waals surface area contributed by atoms with Gasteiger partial charge < -0.3 is 10.6 Å². The molecule has 29 heavy (non-hydrogen) atoms. The number of aromatic nitrogens is 1. The highest BCUT2D eigenvalue weighted by Gasteiger charge is 2.15. The second-order valence-corrected chi connectivity index (χ2v) is 7.53. The van der Waals surface area contributed by atoms with E-state index in [4.69, 9.17) is 11.6 Å². The number of rotatable bonds is 5. The van der Waals surface area contributed by atoms with Crippen LogP contribution in [0.15, 0.2) is 42.5 Å². The van der Waals surface area contributed by atoms with Crippen LogP contribution in [0.3, 0.4) is 0 Å². The minimum atomic E-state index is -0.511. The Hall–Kier alpha value is -2.99. The summed E-state index contributed by atoms with van der Waals surface area (Å²) in [7, 11) is 0. The zero-order chi connectivity index (χ0) is 21.1. The van der Waals surface area contributed by atoms with Crippen LogP contribution in [0.2, 0.25) is 5.02 Å². The Morgan fingerprint density at radius 3 is 2.59 bits per heavy atom. The van der Waals surface area contributed by atoms with Crippen molar-refractivity contribution < 1.29 is 14.0 Å². The van der Waals surface area contributed by atoms with Crippen LogP contribution in [-0.2, 0) is 11.3 Å². The van der Waals surface area contributed by atoms with Gasteiger partial charge in [0.25, 0.3) is 5.91 Å². The SMILES string of the molecule is Cc1ccc2c(C(=O)NCc3ccc(F)c(Cl)c3)cc(NC(=O)C(C)C)cc2n1. The number of anilines is 1. The summed E-state index contributed by atoms with van der Waals surface area (Å²) in [6.45, 7) is 5.62. The number of carbonyl (C=O) groups is 2. The fourth-order valence-corrected chi connectivity index (χ4v) is 3.01. The zero-order valence-corrected chi connectivity index (χ0v) is 17.1. The molecule has 2 N–H and O–H groups in total. The number of aryl methyl sites for hydroxylation is 1. The zero-order valence-electron chi connectivity index (χ0n) is 16.3. The topological polar surface area (TPSA) is 71.1 Å². The molecule has 5 nitrogen and oxygen atoms in total. The fourth-order valence-electron chi connectivity index (χ4n) is 2.81. The third-order valence-electron chi connectivity index (χ3n) is 4.42. The summed E-state index contributed by atoms with van der Waals surface area (Å²) in [4.78, 5) is 29.5. The third kappa shape index (κ3) is 4.90. The molecule has 0 unspecified atom stereocenters. The van der Waals surface area contributed by atoms with Crippen LogP contribution in [0, 0.1) is 18.7 Å². The molecule has 3 rings (SSSR count). The standard InChI is InChI=1S/C22H21ClFN3O2/c1-12(2)21(28)27-15-9-17(16-6-4-13(3)26-20(16)10-15)22(29)25-11-14-5-7-19(24)18(23)8-14/h4-10,12H,11H2,1-3H3,(H,25,29)(H,27,28). The van der Waals surface area contributed by atoms with Crippen molar-refractivity contribution >= 4 is 40.0 Å². The van der Waals surface area contributed by atoms with Gasteiger partial charge in [0.05, 0.1) is 16.1 Å². The van der Waals surface area contributed by atoms with Crippen LogP contribution in [0.25, 0.3) is 10.9 Å². The van der Waals surface area contributed by atoms with E-state index in [-0.39, 0.29) is 29.3 Å². The summed E-state index contributed by atoms with van der Waals surface area (Å²) in [5.41, 5.74) is 2.98. The highest BCUT2D eigenvalue weighted by molar-refractivity contribution is 6.30. The lowest BCUT2D eigenvalue weighted by Crippen LogP contribution is -2.24. The summed E-state index contributed by atoms with van der Waals surface area (Å²) in [5, 5.41) is 6.30. The number of nitrogens with zero attached hydrogens (tertiary/aromatic N) is 1. The van der Waals surface area contributed by atoms with Gasteiger partial charge in [-0.1, -0.05) is 37.6 Å². The van der Waals surface area contributed by atoms with Crippen molar-refractivity contribution in [3.63, 3.8) is 0 Å². The Morgan fingerprint density at radius 2 is 1.90 bits per heavy atom. The Labute approximate surface area is 173 Å². The summed E-state index contributed by atoms with van der Waals surface area (Å²) >= 11 is 5.80. The molecule has 0 saturated heterocycles. The van der Waals surface area contributed by atoms with E-state index in [2.05, 4.69) is 15.6 Å². The number of halogens is 2. The molecule has 0 aliphatic carbocycles. The maximum atomic E-state index is 13.3. The lowest BCUT2D eigenvalue weighted by atomic mass is 10.0. The molecule has 0 aliphatic rings. The predicted molar refractivity (Wildman–Crippen MR) is 113 cm³/mol. The van der Waals surface area contributed by atoms with Gasteiger partial charge in [-0.3, -0.25) is 14.6 Å². The minimum Gasteiger partial charge on any atom is -0.348 e. The van der Waals surface area contributed by atoms with Gasteiger partial charge in [-0.05, 0) is 42.8 Å². The summed E-state index contributed by atoms with van der Waals surface area (Å²) < 4.78 is 13.3. The van der Waals surface area contributed by atoms with E-state index in [1.807, 2.05) is 19.1 Å². The number of amides is 2. The molecule has 0 fully saturated rings. The van der Waals surface area contributed by atoms with Crippen LogP contribution in [0.1, 0.15) is 35.5 Å². The molecule has 0 saturated carbocycles. The van der Waals surface area contributed by atoms with Crippen molar-refractivity contribution in [2.75, 3.05) is 5.32 Å². The molecule has 3 aromatic rings. The first kappa shape index (κ1) is 20.7. The van der Waals surface area contributed by atoms with E-state index in [9.17, 15) is 14.0 Å². The molecule has 1 aromatic heterocycles. The Bertz CT molecular complexity index is 1100. The van der Waals surface area contributed by atoms with E-state index < -0.39 is 5.82 Å². The van der Waals surface area contributed by atoms with Gasteiger partial charge in [0.15, 0.2) is 0 Å². The average Bonchev–Trinajstić information content (AvgIpc) is 2.67. The monoisotopic (exact) mass is 413 g/mol. The third-order valence-corrected chi connectivity index (χ3v) is 4.71.